The van der Waals surface area contributed by atoms with E-state index in [1.54, 1.807) is 0 Å². The minimum atomic E-state index is -0.478. The van der Waals surface area contributed by atoms with E-state index in [2.05, 4.69) is 213 Å². The summed E-state index contributed by atoms with van der Waals surface area (Å²) in [6.45, 7) is 4.68. The Morgan fingerprint density at radius 2 is 0.902 bits per heavy atom. The van der Waals surface area contributed by atoms with Gasteiger partial charge in [0.25, 0.3) is 0 Å². The van der Waals surface area contributed by atoms with E-state index in [1.165, 1.54) is 72.3 Å². The zero-order chi connectivity index (χ0) is 40.5. The highest BCUT2D eigenvalue weighted by atomic mass is 16.6. The molecular weight excluding hydrogens is 743 g/mol. The second-order valence-electron chi connectivity index (χ2n) is 17.2. The van der Waals surface area contributed by atoms with Gasteiger partial charge in [0.2, 0.25) is 0 Å². The number of hydrogen-bond donors (Lipinski definition) is 0. The van der Waals surface area contributed by atoms with Gasteiger partial charge in [-0.1, -0.05) is 166 Å². The minimum Gasteiger partial charge on any atom is -0.449 e. The van der Waals surface area contributed by atoms with Gasteiger partial charge in [-0.3, -0.25) is 0 Å². The topological polar surface area (TPSA) is 21.7 Å². The van der Waals surface area contributed by atoms with E-state index < -0.39 is 5.41 Å². The maximum Gasteiger partial charge on any atom is 0.194 e. The van der Waals surface area contributed by atoms with Crippen LogP contribution >= 0.6 is 0 Å². The van der Waals surface area contributed by atoms with Crippen molar-refractivity contribution in [3.05, 3.63) is 234 Å². The van der Waals surface area contributed by atoms with Crippen molar-refractivity contribution in [3.63, 3.8) is 0 Å². The highest BCUT2D eigenvalue weighted by molar-refractivity contribution is 5.98. The molecule has 1 aliphatic heterocycles. The molecule has 0 atom stereocenters. The van der Waals surface area contributed by atoms with Crippen LogP contribution in [0.15, 0.2) is 200 Å². The standard InChI is InChI=1S/C58H39NO2/c1-57(2)45-21-10-6-17-40(45)43-32-29-37(35-50(43)57)36-27-30-39(31-28-36)59(38-15-4-3-5-16-38)51-25-14-26-52-55(51)61-56-53(60-52)34-33-49-54(56)44-20-9-13-24-48(44)58(49)46-22-11-7-18-41(46)42-19-8-12-23-47(42)58/h3-35H,1-2H3. The predicted molar refractivity (Wildman–Crippen MR) is 247 cm³/mol. The first-order valence-corrected chi connectivity index (χ1v) is 21.2. The summed E-state index contributed by atoms with van der Waals surface area (Å²) in [5.74, 6) is 2.82. The molecule has 3 aliphatic carbocycles. The Morgan fingerprint density at radius 1 is 0.361 bits per heavy atom. The fraction of sp³-hybridized carbons (Fsp3) is 0.0690. The van der Waals surface area contributed by atoms with E-state index in [1.807, 2.05) is 6.07 Å². The van der Waals surface area contributed by atoms with Gasteiger partial charge in [-0.05, 0) is 121 Å². The molecule has 61 heavy (non-hydrogen) atoms. The molecule has 1 heterocycles. The number of rotatable bonds is 4. The molecule has 3 heteroatoms. The van der Waals surface area contributed by atoms with Gasteiger partial charge in [0.1, 0.15) is 0 Å². The van der Waals surface area contributed by atoms with Crippen LogP contribution in [-0.2, 0) is 10.8 Å². The Bertz CT molecular complexity index is 3240. The number of ether oxygens (including phenoxy) is 2. The lowest BCUT2D eigenvalue weighted by atomic mass is 9.70. The molecule has 9 aromatic carbocycles. The summed E-state index contributed by atoms with van der Waals surface area (Å²) in [5.41, 5.74) is 20.1. The van der Waals surface area contributed by atoms with Crippen molar-refractivity contribution in [1.29, 1.82) is 0 Å². The van der Waals surface area contributed by atoms with E-state index in [4.69, 9.17) is 9.47 Å². The SMILES string of the molecule is CC1(C)c2ccccc2-c2ccc(-c3ccc(N(c4ccccc4)c4cccc5c4Oc4c(ccc6c4-c4ccccc4C64c6ccccc6-c6ccccc64)O5)cc3)cc21. The summed E-state index contributed by atoms with van der Waals surface area (Å²) in [5, 5.41) is 0. The van der Waals surface area contributed by atoms with Gasteiger partial charge in [-0.15, -0.1) is 0 Å². The zero-order valence-corrected chi connectivity index (χ0v) is 33.8. The molecule has 0 saturated carbocycles. The molecule has 0 bridgehead atoms. The maximum atomic E-state index is 7.33. The molecule has 3 nitrogen and oxygen atoms in total. The van der Waals surface area contributed by atoms with Gasteiger partial charge in [-0.25, -0.2) is 0 Å². The van der Waals surface area contributed by atoms with Crippen LogP contribution < -0.4 is 14.4 Å². The lowest BCUT2D eigenvalue weighted by Gasteiger charge is -2.32. The number of para-hydroxylation sites is 2. The Labute approximate surface area is 355 Å². The van der Waals surface area contributed by atoms with E-state index >= 15 is 0 Å². The molecule has 0 N–H and O–H groups in total. The van der Waals surface area contributed by atoms with Crippen LogP contribution in [0, 0.1) is 0 Å². The smallest absolute Gasteiger partial charge is 0.194 e. The van der Waals surface area contributed by atoms with Gasteiger partial charge in [0.15, 0.2) is 23.0 Å². The quantitative estimate of drug-likeness (QED) is 0.177. The van der Waals surface area contributed by atoms with Gasteiger partial charge < -0.3 is 14.4 Å². The Kier molecular flexibility index (Phi) is 6.99. The first kappa shape index (κ1) is 34.3. The fourth-order valence-corrected chi connectivity index (χ4v) is 11.1. The second-order valence-corrected chi connectivity index (χ2v) is 17.2. The Balaban J connectivity index is 0.938. The molecule has 0 amide bonds. The third kappa shape index (κ3) is 4.58. The molecule has 0 radical (unpaired) electrons. The minimum absolute atomic E-state index is 0.0616. The summed E-state index contributed by atoms with van der Waals surface area (Å²) >= 11 is 0. The van der Waals surface area contributed by atoms with Crippen LogP contribution in [-0.4, -0.2) is 0 Å². The summed E-state index contributed by atoms with van der Waals surface area (Å²) in [4.78, 5) is 2.28. The van der Waals surface area contributed by atoms with Crippen LogP contribution in [0.3, 0.4) is 0 Å². The summed E-state index contributed by atoms with van der Waals surface area (Å²) < 4.78 is 14.2. The van der Waals surface area contributed by atoms with E-state index in [9.17, 15) is 0 Å². The molecule has 4 aliphatic rings. The number of anilines is 3. The first-order valence-electron chi connectivity index (χ1n) is 21.2. The molecule has 0 unspecified atom stereocenters. The van der Waals surface area contributed by atoms with Crippen LogP contribution in [0.2, 0.25) is 0 Å². The molecule has 13 rings (SSSR count). The van der Waals surface area contributed by atoms with Crippen LogP contribution in [0.4, 0.5) is 17.1 Å². The van der Waals surface area contributed by atoms with Crippen molar-refractivity contribution >= 4 is 17.1 Å². The van der Waals surface area contributed by atoms with E-state index in [-0.39, 0.29) is 5.41 Å². The van der Waals surface area contributed by atoms with Crippen molar-refractivity contribution in [2.75, 3.05) is 4.90 Å². The molecule has 9 aromatic rings. The number of fused-ring (bicyclic) bond motifs is 16. The van der Waals surface area contributed by atoms with Gasteiger partial charge in [0, 0.05) is 22.4 Å². The third-order valence-corrected chi connectivity index (χ3v) is 13.8. The van der Waals surface area contributed by atoms with Crippen molar-refractivity contribution in [1.82, 2.24) is 0 Å². The van der Waals surface area contributed by atoms with E-state index in [0.717, 1.165) is 28.4 Å². The predicted octanol–water partition coefficient (Wildman–Crippen LogP) is 15.4. The Morgan fingerprint density at radius 3 is 1.61 bits per heavy atom. The highest BCUT2D eigenvalue weighted by Crippen LogP contribution is 2.67. The first-order chi connectivity index (χ1) is 30.0. The molecule has 1 spiro atoms. The maximum absolute atomic E-state index is 7.33. The molecule has 288 valence electrons. The van der Waals surface area contributed by atoms with E-state index in [0.29, 0.717) is 17.2 Å². The van der Waals surface area contributed by atoms with Crippen molar-refractivity contribution in [2.45, 2.75) is 24.7 Å². The summed E-state index contributed by atoms with van der Waals surface area (Å²) in [6, 6.07) is 72.4. The van der Waals surface area contributed by atoms with Gasteiger partial charge in [-0.2, -0.15) is 0 Å². The lowest BCUT2D eigenvalue weighted by molar-refractivity contribution is 0.361. The summed E-state index contributed by atoms with van der Waals surface area (Å²) in [6.07, 6.45) is 0. The molecule has 0 saturated heterocycles. The average molecular weight is 782 g/mol. The largest absolute Gasteiger partial charge is 0.449 e. The number of hydrogen-bond acceptors (Lipinski definition) is 3. The monoisotopic (exact) mass is 781 g/mol. The number of nitrogens with zero attached hydrogens (tertiary/aromatic N) is 1. The lowest BCUT2D eigenvalue weighted by Crippen LogP contribution is -2.25. The zero-order valence-electron chi connectivity index (χ0n) is 33.8. The summed E-state index contributed by atoms with van der Waals surface area (Å²) in [7, 11) is 0. The third-order valence-electron chi connectivity index (χ3n) is 13.8. The van der Waals surface area contributed by atoms with Crippen molar-refractivity contribution in [3.8, 4) is 67.5 Å². The normalized spacial score (nSPS) is 14.6. The van der Waals surface area contributed by atoms with Gasteiger partial charge in [0.05, 0.1) is 11.1 Å². The van der Waals surface area contributed by atoms with Crippen molar-refractivity contribution in [2.24, 2.45) is 0 Å². The van der Waals surface area contributed by atoms with Crippen LogP contribution in [0.25, 0.3) is 44.5 Å². The second kappa shape index (κ2) is 12.5. The fourth-order valence-electron chi connectivity index (χ4n) is 11.1. The average Bonchev–Trinajstić information content (AvgIpc) is 3.88. The van der Waals surface area contributed by atoms with Gasteiger partial charge >= 0.3 is 0 Å². The Hall–Kier alpha value is -7.62. The highest BCUT2D eigenvalue weighted by Gasteiger charge is 2.53. The van der Waals surface area contributed by atoms with Crippen molar-refractivity contribution < 1.29 is 9.47 Å². The molecular formula is C58H39NO2. The van der Waals surface area contributed by atoms with Crippen LogP contribution in [0.5, 0.6) is 23.0 Å². The molecule has 0 aromatic heterocycles. The number of benzene rings is 9. The van der Waals surface area contributed by atoms with Crippen LogP contribution in [0.1, 0.15) is 47.2 Å². The molecule has 0 fully saturated rings.